The van der Waals surface area contributed by atoms with E-state index < -0.39 is 9.76 Å². The van der Waals surface area contributed by atoms with Crippen LogP contribution in [0.25, 0.3) is 0 Å². The van der Waals surface area contributed by atoms with E-state index in [4.69, 9.17) is 4.80 Å². The summed E-state index contributed by atoms with van der Waals surface area (Å²) in [5, 5.41) is 0.872. The lowest BCUT2D eigenvalue weighted by Crippen LogP contribution is -2.11. The standard InChI is InChI=1S/C6H7FOSi/c7-5-1-3-6(9-8)4-2-5/h1-4,8H,9H2. The summed E-state index contributed by atoms with van der Waals surface area (Å²) < 4.78 is 12.2. The van der Waals surface area contributed by atoms with Gasteiger partial charge in [0.25, 0.3) is 0 Å². The number of rotatable bonds is 1. The van der Waals surface area contributed by atoms with Gasteiger partial charge in [0.05, 0.1) is 0 Å². The van der Waals surface area contributed by atoms with Crippen molar-refractivity contribution in [2.45, 2.75) is 0 Å². The molecule has 0 fully saturated rings. The van der Waals surface area contributed by atoms with Gasteiger partial charge < -0.3 is 4.80 Å². The van der Waals surface area contributed by atoms with Crippen molar-refractivity contribution in [3.8, 4) is 0 Å². The molecular formula is C6H7FOSi. The topological polar surface area (TPSA) is 20.2 Å². The van der Waals surface area contributed by atoms with Crippen molar-refractivity contribution < 1.29 is 9.19 Å². The molecule has 0 atom stereocenters. The Kier molecular flexibility index (Phi) is 1.97. The van der Waals surface area contributed by atoms with Crippen LogP contribution >= 0.6 is 0 Å². The summed E-state index contributed by atoms with van der Waals surface area (Å²) >= 11 is 0. The molecule has 0 aromatic heterocycles. The molecule has 1 rings (SSSR count). The van der Waals surface area contributed by atoms with E-state index in [0.29, 0.717) is 0 Å². The summed E-state index contributed by atoms with van der Waals surface area (Å²) in [6, 6.07) is 5.94. The van der Waals surface area contributed by atoms with Crippen LogP contribution in [0.4, 0.5) is 4.39 Å². The third-order valence-corrected chi connectivity index (χ3v) is 1.93. The molecule has 3 heteroatoms. The summed E-state index contributed by atoms with van der Waals surface area (Å²) in [5.74, 6) is -0.249. The molecule has 0 aliphatic rings. The Labute approximate surface area is 55.1 Å². The predicted molar refractivity (Wildman–Crippen MR) is 36.8 cm³/mol. The zero-order valence-electron chi connectivity index (χ0n) is 4.84. The quantitative estimate of drug-likeness (QED) is 0.525. The van der Waals surface area contributed by atoms with Crippen LogP contribution in [0.3, 0.4) is 0 Å². The van der Waals surface area contributed by atoms with Gasteiger partial charge >= 0.3 is 0 Å². The van der Waals surface area contributed by atoms with Gasteiger partial charge in [-0.1, -0.05) is 12.1 Å². The van der Waals surface area contributed by atoms with Crippen molar-refractivity contribution in [1.29, 1.82) is 0 Å². The van der Waals surface area contributed by atoms with Crippen LogP contribution < -0.4 is 5.19 Å². The molecule has 1 aromatic carbocycles. The molecule has 0 bridgehead atoms. The Balaban J connectivity index is 2.88. The second kappa shape index (κ2) is 2.75. The monoisotopic (exact) mass is 142 g/mol. The molecular weight excluding hydrogens is 135 g/mol. The Morgan fingerprint density at radius 2 is 1.78 bits per heavy atom. The van der Waals surface area contributed by atoms with Gasteiger partial charge in [-0.15, -0.1) is 0 Å². The van der Waals surface area contributed by atoms with Crippen LogP contribution in [0.5, 0.6) is 0 Å². The highest BCUT2D eigenvalue weighted by Crippen LogP contribution is 1.90. The average molecular weight is 142 g/mol. The maximum absolute atomic E-state index is 12.2. The van der Waals surface area contributed by atoms with E-state index in [1.807, 2.05) is 0 Å². The van der Waals surface area contributed by atoms with Crippen molar-refractivity contribution in [1.82, 2.24) is 0 Å². The third kappa shape index (κ3) is 1.62. The van der Waals surface area contributed by atoms with E-state index in [2.05, 4.69) is 0 Å². The third-order valence-electron chi connectivity index (χ3n) is 1.10. The normalized spacial score (nSPS) is 10.9. The predicted octanol–water partition coefficient (Wildman–Crippen LogP) is -0.473. The van der Waals surface area contributed by atoms with E-state index in [1.165, 1.54) is 12.1 Å². The minimum atomic E-state index is -1.09. The molecule has 0 spiro atoms. The smallest absolute Gasteiger partial charge is 0.187 e. The highest BCUT2D eigenvalue weighted by molar-refractivity contribution is 6.45. The Hall–Kier alpha value is -0.673. The summed E-state index contributed by atoms with van der Waals surface area (Å²) in [6.07, 6.45) is 0. The zero-order chi connectivity index (χ0) is 6.69. The number of halogens is 1. The Bertz CT molecular complexity index is 185. The highest BCUT2D eigenvalue weighted by atomic mass is 28.2. The van der Waals surface area contributed by atoms with E-state index >= 15 is 0 Å². The summed E-state index contributed by atoms with van der Waals surface area (Å²) in [4.78, 5) is 8.64. The van der Waals surface area contributed by atoms with Crippen LogP contribution in [-0.4, -0.2) is 14.6 Å². The molecule has 0 aliphatic heterocycles. The van der Waals surface area contributed by atoms with Crippen molar-refractivity contribution in [3.63, 3.8) is 0 Å². The summed E-state index contributed by atoms with van der Waals surface area (Å²) in [5.41, 5.74) is 0. The van der Waals surface area contributed by atoms with Crippen LogP contribution in [0.15, 0.2) is 24.3 Å². The maximum Gasteiger partial charge on any atom is 0.187 e. The zero-order valence-corrected chi connectivity index (χ0v) is 6.26. The first-order chi connectivity index (χ1) is 4.33. The van der Waals surface area contributed by atoms with Gasteiger partial charge in [-0.3, -0.25) is 0 Å². The Morgan fingerprint density at radius 1 is 1.22 bits per heavy atom. The molecule has 9 heavy (non-hydrogen) atoms. The molecule has 0 saturated heterocycles. The molecule has 1 nitrogen and oxygen atoms in total. The summed E-state index contributed by atoms with van der Waals surface area (Å²) in [7, 11) is -1.09. The minimum Gasteiger partial charge on any atom is -0.433 e. The van der Waals surface area contributed by atoms with Crippen molar-refractivity contribution in [3.05, 3.63) is 30.1 Å². The van der Waals surface area contributed by atoms with Gasteiger partial charge in [0.1, 0.15) is 5.82 Å². The van der Waals surface area contributed by atoms with Gasteiger partial charge in [0.2, 0.25) is 0 Å². The van der Waals surface area contributed by atoms with E-state index in [9.17, 15) is 4.39 Å². The van der Waals surface area contributed by atoms with Crippen LogP contribution in [-0.2, 0) is 0 Å². The van der Waals surface area contributed by atoms with Crippen molar-refractivity contribution in [2.24, 2.45) is 0 Å². The Morgan fingerprint density at radius 3 is 2.22 bits per heavy atom. The van der Waals surface area contributed by atoms with Gasteiger partial charge in [0, 0.05) is 0 Å². The maximum atomic E-state index is 12.2. The molecule has 1 aromatic rings. The number of benzene rings is 1. The fourth-order valence-corrected chi connectivity index (χ4v) is 1.04. The van der Waals surface area contributed by atoms with Gasteiger partial charge in [-0.25, -0.2) is 4.39 Å². The van der Waals surface area contributed by atoms with E-state index in [1.54, 1.807) is 12.1 Å². The van der Waals surface area contributed by atoms with Gasteiger partial charge in [0.15, 0.2) is 9.76 Å². The number of hydrogen-bond donors (Lipinski definition) is 1. The fraction of sp³-hybridized carbons (Fsp3) is 0. The molecule has 48 valence electrons. The molecule has 0 radical (unpaired) electrons. The van der Waals surface area contributed by atoms with Crippen molar-refractivity contribution in [2.75, 3.05) is 0 Å². The van der Waals surface area contributed by atoms with Gasteiger partial charge in [-0.2, -0.15) is 0 Å². The first kappa shape index (κ1) is 6.45. The minimum absolute atomic E-state index is 0.249. The molecule has 0 unspecified atom stereocenters. The number of hydrogen-bond acceptors (Lipinski definition) is 1. The van der Waals surface area contributed by atoms with E-state index in [0.717, 1.165) is 5.19 Å². The summed E-state index contributed by atoms with van der Waals surface area (Å²) in [6.45, 7) is 0. The average Bonchev–Trinajstić information content (AvgIpc) is 1.90. The lowest BCUT2D eigenvalue weighted by Gasteiger charge is -1.90. The first-order valence-corrected chi connectivity index (χ1v) is 4.02. The first-order valence-electron chi connectivity index (χ1n) is 2.68. The largest absolute Gasteiger partial charge is 0.433 e. The SMILES string of the molecule is O[SiH2]c1ccc(F)cc1. The second-order valence-electron chi connectivity index (χ2n) is 1.78. The molecule has 0 saturated carbocycles. The second-order valence-corrected chi connectivity index (χ2v) is 2.92. The molecule has 1 N–H and O–H groups in total. The van der Waals surface area contributed by atoms with Crippen LogP contribution in [0.1, 0.15) is 0 Å². The van der Waals surface area contributed by atoms with Crippen LogP contribution in [0.2, 0.25) is 0 Å². The van der Waals surface area contributed by atoms with Gasteiger partial charge in [-0.05, 0) is 17.3 Å². The van der Waals surface area contributed by atoms with E-state index in [-0.39, 0.29) is 5.82 Å². The molecule has 0 aliphatic carbocycles. The fourth-order valence-electron chi connectivity index (χ4n) is 0.590. The molecule has 0 heterocycles. The van der Waals surface area contributed by atoms with Crippen molar-refractivity contribution >= 4 is 14.9 Å². The highest BCUT2D eigenvalue weighted by Gasteiger charge is 1.89. The van der Waals surface area contributed by atoms with Crippen LogP contribution in [0, 0.1) is 5.82 Å². The molecule has 0 amide bonds. The lowest BCUT2D eigenvalue weighted by molar-refractivity contribution is 0.614. The lowest BCUT2D eigenvalue weighted by atomic mass is 10.3.